The molecule has 7 nitrogen and oxygen atoms in total. The van der Waals surface area contributed by atoms with Crippen LogP contribution in [-0.4, -0.2) is 46.5 Å². The van der Waals surface area contributed by atoms with Gasteiger partial charge < -0.3 is 20.5 Å². The summed E-state index contributed by atoms with van der Waals surface area (Å²) in [5.41, 5.74) is -0.629. The van der Waals surface area contributed by atoms with Gasteiger partial charge in [-0.25, -0.2) is 14.4 Å². The summed E-state index contributed by atoms with van der Waals surface area (Å²) in [5.74, 6) is -0.517. The van der Waals surface area contributed by atoms with E-state index in [4.69, 9.17) is 0 Å². The summed E-state index contributed by atoms with van der Waals surface area (Å²) in [6.07, 6.45) is 0.246. The van der Waals surface area contributed by atoms with Gasteiger partial charge in [0.05, 0.1) is 23.2 Å². The Morgan fingerprint density at radius 2 is 2.10 bits per heavy atom. The average molecular weight is 436 g/mol. The van der Waals surface area contributed by atoms with Crippen molar-refractivity contribution in [1.29, 1.82) is 0 Å². The molecule has 31 heavy (non-hydrogen) atoms. The number of aromatic nitrogens is 3. The van der Waals surface area contributed by atoms with Crippen LogP contribution in [0.3, 0.4) is 0 Å². The molecule has 0 bridgehead atoms. The molecular weight excluding hydrogens is 416 g/mol. The molecule has 1 fully saturated rings. The second-order valence-electron chi connectivity index (χ2n) is 7.34. The van der Waals surface area contributed by atoms with Gasteiger partial charge in [0.1, 0.15) is 23.6 Å². The van der Waals surface area contributed by atoms with E-state index in [2.05, 4.69) is 30.5 Å². The molecule has 1 saturated heterocycles. The lowest BCUT2D eigenvalue weighted by molar-refractivity contribution is -0.137. The van der Waals surface area contributed by atoms with E-state index in [-0.39, 0.29) is 18.3 Å². The smallest absolute Gasteiger partial charge is 0.374 e. The van der Waals surface area contributed by atoms with Crippen molar-refractivity contribution in [1.82, 2.24) is 20.3 Å². The summed E-state index contributed by atoms with van der Waals surface area (Å²) >= 11 is 0. The van der Waals surface area contributed by atoms with Crippen molar-refractivity contribution in [2.75, 3.05) is 29.9 Å². The first-order valence-corrected chi connectivity index (χ1v) is 9.74. The van der Waals surface area contributed by atoms with Crippen LogP contribution in [0, 0.1) is 5.82 Å². The number of amides is 1. The van der Waals surface area contributed by atoms with Crippen LogP contribution in [0.25, 0.3) is 11.0 Å². The van der Waals surface area contributed by atoms with Crippen LogP contribution >= 0.6 is 0 Å². The Kier molecular flexibility index (Phi) is 5.66. The zero-order chi connectivity index (χ0) is 22.0. The van der Waals surface area contributed by atoms with Gasteiger partial charge in [-0.05, 0) is 37.1 Å². The molecule has 3 heterocycles. The van der Waals surface area contributed by atoms with Crippen LogP contribution in [0.4, 0.5) is 29.1 Å². The van der Waals surface area contributed by atoms with Gasteiger partial charge in [0, 0.05) is 25.3 Å². The summed E-state index contributed by atoms with van der Waals surface area (Å²) in [6, 6.07) is 3.76. The molecule has 1 aromatic carbocycles. The Bertz CT molecular complexity index is 1080. The number of rotatable bonds is 5. The van der Waals surface area contributed by atoms with E-state index in [0.29, 0.717) is 18.7 Å². The zero-order valence-corrected chi connectivity index (χ0v) is 16.3. The third-order valence-corrected chi connectivity index (χ3v) is 5.15. The quantitative estimate of drug-likeness (QED) is 0.535. The summed E-state index contributed by atoms with van der Waals surface area (Å²) in [5, 5.41) is 6.19. The molecule has 164 valence electrons. The Labute approximate surface area is 174 Å². The third kappa shape index (κ3) is 4.70. The van der Waals surface area contributed by atoms with E-state index in [1.54, 1.807) is 6.20 Å². The molecular formula is C20H20F4N6O. The van der Waals surface area contributed by atoms with E-state index in [1.165, 1.54) is 6.33 Å². The number of H-pyrrole nitrogens is 1. The predicted molar refractivity (Wildman–Crippen MR) is 107 cm³/mol. The number of carbonyl (C=O) groups is 1. The summed E-state index contributed by atoms with van der Waals surface area (Å²) in [6.45, 7) is 0.961. The molecule has 3 aromatic rings. The normalized spacial score (nSPS) is 17.0. The van der Waals surface area contributed by atoms with Crippen molar-refractivity contribution in [2.45, 2.75) is 25.1 Å². The van der Waals surface area contributed by atoms with Crippen LogP contribution in [0.2, 0.25) is 0 Å². The Morgan fingerprint density at radius 3 is 2.90 bits per heavy atom. The molecule has 1 aliphatic rings. The van der Waals surface area contributed by atoms with Gasteiger partial charge in [-0.1, -0.05) is 0 Å². The molecule has 0 radical (unpaired) electrons. The minimum atomic E-state index is -4.59. The lowest BCUT2D eigenvalue weighted by Gasteiger charge is -2.34. The molecule has 1 atom stereocenters. The number of aromatic amines is 1. The SMILES string of the molecule is O=C(CNc1cc(C(F)(F)F)ccc1F)N[C@@H]1CCCN(c2ncnc3[nH]ccc23)C1. The number of carbonyl (C=O) groups excluding carboxylic acids is 1. The van der Waals surface area contributed by atoms with Crippen LogP contribution < -0.4 is 15.5 Å². The largest absolute Gasteiger partial charge is 0.416 e. The highest BCUT2D eigenvalue weighted by Crippen LogP contribution is 2.31. The number of hydrogen-bond donors (Lipinski definition) is 3. The second-order valence-corrected chi connectivity index (χ2v) is 7.34. The first kappa shape index (κ1) is 20.9. The molecule has 4 rings (SSSR count). The molecule has 1 amide bonds. The Balaban J connectivity index is 1.36. The molecule has 3 N–H and O–H groups in total. The summed E-state index contributed by atoms with van der Waals surface area (Å²) in [7, 11) is 0. The molecule has 0 saturated carbocycles. The standard InChI is InChI=1S/C20H20F4N6O/c21-15-4-3-12(20(22,23)24)8-16(15)26-9-17(31)29-13-2-1-7-30(10-13)19-14-5-6-25-18(14)27-11-28-19/h3-6,8,11,13,26H,1-2,7,9-10H2,(H,29,31)(H,25,27,28)/t13-/m1/s1. The fourth-order valence-corrected chi connectivity index (χ4v) is 3.69. The van der Waals surface area contributed by atoms with Crippen LogP contribution in [0.1, 0.15) is 18.4 Å². The van der Waals surface area contributed by atoms with Crippen LogP contribution in [0.15, 0.2) is 36.8 Å². The summed E-state index contributed by atoms with van der Waals surface area (Å²) in [4.78, 5) is 26.0. The highest BCUT2D eigenvalue weighted by molar-refractivity contribution is 5.87. The number of nitrogens with zero attached hydrogens (tertiary/aromatic N) is 3. The fourth-order valence-electron chi connectivity index (χ4n) is 3.69. The average Bonchev–Trinajstić information content (AvgIpc) is 3.21. The van der Waals surface area contributed by atoms with Gasteiger partial charge in [-0.2, -0.15) is 13.2 Å². The first-order chi connectivity index (χ1) is 14.8. The maximum Gasteiger partial charge on any atom is 0.416 e. The minimum Gasteiger partial charge on any atom is -0.374 e. The van der Waals surface area contributed by atoms with Gasteiger partial charge in [0.25, 0.3) is 0 Å². The minimum absolute atomic E-state index is 0.168. The number of piperidine rings is 1. The van der Waals surface area contributed by atoms with Crippen LogP contribution in [0.5, 0.6) is 0 Å². The van der Waals surface area contributed by atoms with Gasteiger partial charge in [-0.15, -0.1) is 0 Å². The topological polar surface area (TPSA) is 85.9 Å². The van der Waals surface area contributed by atoms with E-state index in [9.17, 15) is 22.4 Å². The zero-order valence-electron chi connectivity index (χ0n) is 16.3. The molecule has 0 unspecified atom stereocenters. The molecule has 0 spiro atoms. The highest BCUT2D eigenvalue weighted by atomic mass is 19.4. The number of alkyl halides is 3. The number of fused-ring (bicyclic) bond motifs is 1. The van der Waals surface area contributed by atoms with Gasteiger partial charge >= 0.3 is 6.18 Å². The second kappa shape index (κ2) is 8.40. The number of nitrogens with one attached hydrogen (secondary N) is 3. The maximum absolute atomic E-state index is 13.8. The first-order valence-electron chi connectivity index (χ1n) is 9.74. The lowest BCUT2D eigenvalue weighted by atomic mass is 10.1. The van der Waals surface area contributed by atoms with E-state index in [0.717, 1.165) is 42.3 Å². The van der Waals surface area contributed by atoms with E-state index < -0.39 is 23.5 Å². The number of anilines is 2. The number of benzene rings is 1. The monoisotopic (exact) mass is 436 g/mol. The van der Waals surface area contributed by atoms with Gasteiger partial charge in [-0.3, -0.25) is 4.79 Å². The maximum atomic E-state index is 13.8. The van der Waals surface area contributed by atoms with Crippen molar-refractivity contribution in [3.05, 3.63) is 48.2 Å². The fraction of sp³-hybridized carbons (Fsp3) is 0.350. The molecule has 2 aromatic heterocycles. The van der Waals surface area contributed by atoms with Crippen molar-refractivity contribution in [2.24, 2.45) is 0 Å². The van der Waals surface area contributed by atoms with Crippen molar-refractivity contribution < 1.29 is 22.4 Å². The number of hydrogen-bond acceptors (Lipinski definition) is 5. The molecule has 11 heteroatoms. The van der Waals surface area contributed by atoms with Gasteiger partial charge in [0.2, 0.25) is 5.91 Å². The van der Waals surface area contributed by atoms with Crippen molar-refractivity contribution >= 4 is 28.4 Å². The van der Waals surface area contributed by atoms with Gasteiger partial charge in [0.15, 0.2) is 0 Å². The Hall–Kier alpha value is -3.37. The Morgan fingerprint density at radius 1 is 1.26 bits per heavy atom. The van der Waals surface area contributed by atoms with Crippen molar-refractivity contribution in [3.8, 4) is 0 Å². The van der Waals surface area contributed by atoms with Crippen LogP contribution in [-0.2, 0) is 11.0 Å². The molecule has 0 aliphatic carbocycles. The predicted octanol–water partition coefficient (Wildman–Crippen LogP) is 3.31. The summed E-state index contributed by atoms with van der Waals surface area (Å²) < 4.78 is 52.3. The number of halogens is 4. The molecule has 1 aliphatic heterocycles. The van der Waals surface area contributed by atoms with E-state index >= 15 is 0 Å². The highest BCUT2D eigenvalue weighted by Gasteiger charge is 2.31. The third-order valence-electron chi connectivity index (χ3n) is 5.15. The van der Waals surface area contributed by atoms with E-state index in [1.807, 2.05) is 6.07 Å². The van der Waals surface area contributed by atoms with Crippen molar-refractivity contribution in [3.63, 3.8) is 0 Å². The lowest BCUT2D eigenvalue weighted by Crippen LogP contribution is -2.49.